The van der Waals surface area contributed by atoms with Gasteiger partial charge in [0.05, 0.1) is 12.2 Å². The summed E-state index contributed by atoms with van der Waals surface area (Å²) < 4.78 is 6.25. The number of fused-ring (bicyclic) bond motifs is 1. The standard InChI is InChI=1S/C40H56O3/c1-29(17-13-19-31(3)21-22-36-33(5)25-34(41)26-37(36,6)7)15-11-12-16-30(2)18-14-20-32(4)23-24-40-38(8,9)27-35(42)28-39(40,10)43-40/h11-25,34-36,41-42H,26-28H2,1-10H3/b12-11+,17-13+,18-14+,22-21+,24-23+,29-15-,30-16+,31-19+,32-20-/t34-,35-,36-,39-,40+/m0/s1. The Balaban J connectivity index is 1.49. The number of rotatable bonds is 10. The Hall–Kier alpha value is -2.72. The van der Waals surface area contributed by atoms with E-state index in [9.17, 15) is 10.2 Å². The lowest BCUT2D eigenvalue weighted by atomic mass is 9.63. The molecule has 0 aromatic carbocycles. The monoisotopic (exact) mass is 584 g/mol. The van der Waals surface area contributed by atoms with Gasteiger partial charge in [0.25, 0.3) is 0 Å². The minimum absolute atomic E-state index is 0.0547. The number of epoxide rings is 1. The molecule has 2 aliphatic carbocycles. The molecule has 1 saturated carbocycles. The number of allylic oxidation sites excluding steroid dienone is 18. The molecule has 0 unspecified atom stereocenters. The van der Waals surface area contributed by atoms with Gasteiger partial charge < -0.3 is 14.9 Å². The second-order valence-corrected chi connectivity index (χ2v) is 14.6. The van der Waals surface area contributed by atoms with Gasteiger partial charge in [-0.15, -0.1) is 0 Å². The zero-order valence-corrected chi connectivity index (χ0v) is 28.3. The summed E-state index contributed by atoms with van der Waals surface area (Å²) in [7, 11) is 0. The topological polar surface area (TPSA) is 53.0 Å². The molecule has 0 aromatic rings. The van der Waals surface area contributed by atoms with Gasteiger partial charge in [-0.3, -0.25) is 0 Å². The van der Waals surface area contributed by atoms with Crippen molar-refractivity contribution in [2.24, 2.45) is 16.7 Å². The molecule has 1 saturated heterocycles. The minimum atomic E-state index is -0.333. The second-order valence-electron chi connectivity index (χ2n) is 14.6. The Labute approximate surface area is 262 Å². The zero-order valence-electron chi connectivity index (χ0n) is 28.3. The lowest BCUT2D eigenvalue weighted by Crippen LogP contribution is -2.46. The van der Waals surface area contributed by atoms with Crippen molar-refractivity contribution in [1.82, 2.24) is 0 Å². The van der Waals surface area contributed by atoms with Gasteiger partial charge in [-0.1, -0.05) is 141 Å². The van der Waals surface area contributed by atoms with Crippen molar-refractivity contribution in [3.05, 3.63) is 119 Å². The smallest absolute Gasteiger partial charge is 0.121 e. The lowest BCUT2D eigenvalue weighted by molar-refractivity contribution is 0.0515. The van der Waals surface area contributed by atoms with Gasteiger partial charge in [-0.05, 0) is 65.9 Å². The Bertz CT molecular complexity index is 1320. The average Bonchev–Trinajstić information content (AvgIpc) is 3.49. The van der Waals surface area contributed by atoms with Crippen LogP contribution in [0.25, 0.3) is 0 Å². The Morgan fingerprint density at radius 2 is 1.23 bits per heavy atom. The third kappa shape index (κ3) is 8.91. The van der Waals surface area contributed by atoms with Crippen molar-refractivity contribution in [2.45, 2.75) is 112 Å². The van der Waals surface area contributed by atoms with Crippen molar-refractivity contribution in [3.63, 3.8) is 0 Å². The molecule has 3 heteroatoms. The van der Waals surface area contributed by atoms with Crippen LogP contribution in [0.3, 0.4) is 0 Å². The Morgan fingerprint density at radius 3 is 1.77 bits per heavy atom. The second kappa shape index (κ2) is 13.9. The van der Waals surface area contributed by atoms with Gasteiger partial charge >= 0.3 is 0 Å². The molecular weight excluding hydrogens is 528 g/mol. The van der Waals surface area contributed by atoms with Gasteiger partial charge in [0.1, 0.15) is 11.2 Å². The Morgan fingerprint density at radius 1 is 0.721 bits per heavy atom. The third-order valence-electron chi connectivity index (χ3n) is 9.43. The van der Waals surface area contributed by atoms with E-state index < -0.39 is 0 Å². The third-order valence-corrected chi connectivity index (χ3v) is 9.43. The van der Waals surface area contributed by atoms with Crippen LogP contribution in [0.1, 0.15) is 88.5 Å². The maximum atomic E-state index is 10.2. The van der Waals surface area contributed by atoms with E-state index in [1.54, 1.807) is 0 Å². The van der Waals surface area contributed by atoms with E-state index in [0.29, 0.717) is 12.3 Å². The molecular formula is C40H56O3. The quantitative estimate of drug-likeness (QED) is 0.153. The van der Waals surface area contributed by atoms with Gasteiger partial charge in [-0.25, -0.2) is 0 Å². The normalized spacial score (nSPS) is 33.8. The predicted molar refractivity (Wildman–Crippen MR) is 184 cm³/mol. The largest absolute Gasteiger partial charge is 0.393 e. The molecule has 2 fully saturated rings. The van der Waals surface area contributed by atoms with Crippen molar-refractivity contribution >= 4 is 0 Å². The van der Waals surface area contributed by atoms with E-state index in [0.717, 1.165) is 12.8 Å². The number of hydrogen-bond acceptors (Lipinski definition) is 3. The van der Waals surface area contributed by atoms with Crippen LogP contribution in [-0.2, 0) is 4.74 Å². The van der Waals surface area contributed by atoms with Crippen LogP contribution in [0.2, 0.25) is 0 Å². The van der Waals surface area contributed by atoms with E-state index in [-0.39, 0.29) is 34.2 Å². The maximum Gasteiger partial charge on any atom is 0.121 e. The molecule has 43 heavy (non-hydrogen) atoms. The summed E-state index contributed by atoms with van der Waals surface area (Å²) in [6.45, 7) is 21.5. The molecule has 234 valence electrons. The van der Waals surface area contributed by atoms with Crippen LogP contribution in [0.15, 0.2) is 119 Å². The maximum absolute atomic E-state index is 10.2. The highest BCUT2D eigenvalue weighted by molar-refractivity contribution is 5.37. The summed E-state index contributed by atoms with van der Waals surface area (Å²) in [6, 6.07) is 0. The fourth-order valence-electron chi connectivity index (χ4n) is 7.07. The van der Waals surface area contributed by atoms with E-state index in [2.05, 4.69) is 154 Å². The molecule has 0 amide bonds. The van der Waals surface area contributed by atoms with Crippen molar-refractivity contribution in [3.8, 4) is 0 Å². The molecule has 3 aliphatic rings. The molecule has 3 nitrogen and oxygen atoms in total. The summed E-state index contributed by atoms with van der Waals surface area (Å²) in [6.07, 6.45) is 33.5. The van der Waals surface area contributed by atoms with Crippen LogP contribution in [0, 0.1) is 16.7 Å². The molecule has 0 radical (unpaired) electrons. The van der Waals surface area contributed by atoms with E-state index in [1.807, 2.05) is 6.08 Å². The van der Waals surface area contributed by atoms with Crippen LogP contribution in [0.5, 0.6) is 0 Å². The molecule has 1 aliphatic heterocycles. The Kier molecular flexibility index (Phi) is 11.3. The minimum Gasteiger partial charge on any atom is -0.393 e. The van der Waals surface area contributed by atoms with Gasteiger partial charge in [0, 0.05) is 17.8 Å². The summed E-state index contributed by atoms with van der Waals surface area (Å²) in [5.41, 5.74) is 5.38. The molecule has 0 bridgehead atoms. The summed E-state index contributed by atoms with van der Waals surface area (Å²) >= 11 is 0. The highest BCUT2D eigenvalue weighted by Gasteiger charge is 2.74. The highest BCUT2D eigenvalue weighted by atomic mass is 16.6. The van der Waals surface area contributed by atoms with Crippen molar-refractivity contribution < 1.29 is 14.9 Å². The first-order valence-corrected chi connectivity index (χ1v) is 15.8. The molecule has 5 atom stereocenters. The van der Waals surface area contributed by atoms with Gasteiger partial charge in [-0.2, -0.15) is 0 Å². The van der Waals surface area contributed by atoms with E-state index >= 15 is 0 Å². The first-order chi connectivity index (χ1) is 20.0. The fourth-order valence-corrected chi connectivity index (χ4v) is 7.07. The van der Waals surface area contributed by atoms with Gasteiger partial charge in [0.2, 0.25) is 0 Å². The number of hydrogen-bond donors (Lipinski definition) is 2. The number of aliphatic hydroxyl groups is 2. The van der Waals surface area contributed by atoms with Crippen LogP contribution < -0.4 is 0 Å². The molecule has 2 N–H and O–H groups in total. The van der Waals surface area contributed by atoms with Crippen molar-refractivity contribution in [2.75, 3.05) is 0 Å². The first-order valence-electron chi connectivity index (χ1n) is 15.8. The van der Waals surface area contributed by atoms with Crippen LogP contribution in [-0.4, -0.2) is 33.6 Å². The lowest BCUT2D eigenvalue weighted by Gasteiger charge is -2.39. The fraction of sp³-hybridized carbons (Fsp3) is 0.500. The zero-order chi connectivity index (χ0) is 32.1. The molecule has 0 aromatic heterocycles. The van der Waals surface area contributed by atoms with E-state index in [4.69, 9.17) is 4.74 Å². The average molecular weight is 585 g/mol. The number of ether oxygens (including phenoxy) is 1. The summed E-state index contributed by atoms with van der Waals surface area (Å²) in [5, 5.41) is 20.3. The van der Waals surface area contributed by atoms with Crippen molar-refractivity contribution in [1.29, 1.82) is 0 Å². The molecule has 0 spiro atoms. The van der Waals surface area contributed by atoms with E-state index in [1.165, 1.54) is 27.9 Å². The first kappa shape index (κ1) is 34.8. The summed E-state index contributed by atoms with van der Waals surface area (Å²) in [4.78, 5) is 0. The molecule has 3 rings (SSSR count). The molecule has 1 heterocycles. The van der Waals surface area contributed by atoms with Crippen LogP contribution >= 0.6 is 0 Å². The van der Waals surface area contributed by atoms with Gasteiger partial charge in [0.15, 0.2) is 0 Å². The number of aliphatic hydroxyl groups excluding tert-OH is 2. The SMILES string of the molecule is CC1=C[C@H](O)CC(C)(C)[C@H]1/C=C/C(C)=C/C=C/C(C)=C\C=C\C=C(C)\C=C\C=C(C)/C=C/[C@]12O[C@@]1(C)C[C@@H](O)CC2(C)C. The predicted octanol–water partition coefficient (Wildman–Crippen LogP) is 9.61. The highest BCUT2D eigenvalue weighted by Crippen LogP contribution is 2.66. The van der Waals surface area contributed by atoms with Crippen LogP contribution in [0.4, 0.5) is 0 Å². The summed E-state index contributed by atoms with van der Waals surface area (Å²) in [5.74, 6) is 0.345.